The number of aryl methyl sites for hydroxylation is 2. The zero-order valence-electron chi connectivity index (χ0n) is 11.9. The fraction of sp³-hybridized carbons (Fsp3) is 0.333. The third-order valence-electron chi connectivity index (χ3n) is 4.22. The second-order valence-electron chi connectivity index (χ2n) is 5.59. The van der Waals surface area contributed by atoms with Crippen molar-refractivity contribution in [2.24, 2.45) is 0 Å². The van der Waals surface area contributed by atoms with Gasteiger partial charge < -0.3 is 5.73 Å². The van der Waals surface area contributed by atoms with Crippen LogP contribution in [0.15, 0.2) is 47.4 Å². The molecular weight excluding hydrogens is 262 g/mol. The summed E-state index contributed by atoms with van der Waals surface area (Å²) in [6, 6.07) is 15.2. The Kier molecular flexibility index (Phi) is 4.02. The van der Waals surface area contributed by atoms with Crippen molar-refractivity contribution in [3.05, 3.63) is 59.2 Å². The van der Waals surface area contributed by atoms with E-state index >= 15 is 0 Å². The first-order valence-corrected chi connectivity index (χ1v) is 8.30. The van der Waals surface area contributed by atoms with Gasteiger partial charge in [0.1, 0.15) is 0 Å². The molecule has 2 aromatic rings. The van der Waals surface area contributed by atoms with Crippen molar-refractivity contribution in [2.45, 2.75) is 37.0 Å². The van der Waals surface area contributed by atoms with Crippen LogP contribution in [-0.4, -0.2) is 5.75 Å². The average molecular weight is 283 g/mol. The Bertz CT molecular complexity index is 606. The number of para-hydroxylation sites is 1. The highest BCUT2D eigenvalue weighted by Gasteiger charge is 2.20. The van der Waals surface area contributed by atoms with Gasteiger partial charge in [0.05, 0.1) is 0 Å². The van der Waals surface area contributed by atoms with E-state index in [-0.39, 0.29) is 0 Å². The molecule has 0 amide bonds. The van der Waals surface area contributed by atoms with E-state index in [1.165, 1.54) is 29.7 Å². The fourth-order valence-corrected chi connectivity index (χ4v) is 4.22. The monoisotopic (exact) mass is 283 g/mol. The lowest BCUT2D eigenvalue weighted by atomic mass is 9.84. The number of nitrogen functional groups attached to an aromatic ring is 1. The second-order valence-corrected chi connectivity index (χ2v) is 6.65. The van der Waals surface area contributed by atoms with E-state index in [9.17, 15) is 0 Å². The van der Waals surface area contributed by atoms with Crippen molar-refractivity contribution >= 4 is 17.4 Å². The highest BCUT2D eigenvalue weighted by Crippen LogP contribution is 2.37. The van der Waals surface area contributed by atoms with Crippen LogP contribution in [0.25, 0.3) is 0 Å². The summed E-state index contributed by atoms with van der Waals surface area (Å²) >= 11 is 1.91. The maximum Gasteiger partial charge on any atom is 0.0481 e. The summed E-state index contributed by atoms with van der Waals surface area (Å²) < 4.78 is 0. The number of benzene rings is 2. The smallest absolute Gasteiger partial charge is 0.0481 e. The second kappa shape index (κ2) is 5.92. The topological polar surface area (TPSA) is 26.0 Å². The SMILES string of the molecule is Cc1cccc(SCC2CCCc3ccccc32)c1N. The average Bonchev–Trinajstić information content (AvgIpc) is 2.49. The van der Waals surface area contributed by atoms with Crippen LogP contribution in [0, 0.1) is 6.92 Å². The van der Waals surface area contributed by atoms with Crippen molar-refractivity contribution in [3.8, 4) is 0 Å². The normalized spacial score (nSPS) is 17.8. The minimum absolute atomic E-state index is 0.671. The Morgan fingerprint density at radius 3 is 2.90 bits per heavy atom. The van der Waals surface area contributed by atoms with Gasteiger partial charge in [0, 0.05) is 16.3 Å². The molecule has 1 nitrogen and oxygen atoms in total. The molecular formula is C18H21NS. The molecule has 1 atom stereocenters. The standard InChI is InChI=1S/C18H21NS/c1-13-6-4-11-17(18(13)19)20-12-15-9-5-8-14-7-2-3-10-16(14)15/h2-4,6-7,10-11,15H,5,8-9,12,19H2,1H3. The lowest BCUT2D eigenvalue weighted by molar-refractivity contribution is 0.596. The lowest BCUT2D eigenvalue weighted by Gasteiger charge is -2.25. The Morgan fingerprint density at radius 1 is 1.15 bits per heavy atom. The number of nitrogens with two attached hydrogens (primary N) is 1. The summed E-state index contributed by atoms with van der Waals surface area (Å²) in [6.45, 7) is 2.08. The summed E-state index contributed by atoms with van der Waals surface area (Å²) in [4.78, 5) is 1.23. The molecule has 2 N–H and O–H groups in total. The van der Waals surface area contributed by atoms with Gasteiger partial charge in [-0.1, -0.05) is 36.4 Å². The van der Waals surface area contributed by atoms with Gasteiger partial charge >= 0.3 is 0 Å². The van der Waals surface area contributed by atoms with Crippen LogP contribution in [0.1, 0.15) is 35.4 Å². The fourth-order valence-electron chi connectivity index (χ4n) is 3.00. The van der Waals surface area contributed by atoms with Crippen molar-refractivity contribution in [2.75, 3.05) is 11.5 Å². The van der Waals surface area contributed by atoms with Gasteiger partial charge in [-0.2, -0.15) is 0 Å². The van der Waals surface area contributed by atoms with Crippen LogP contribution in [0.5, 0.6) is 0 Å². The van der Waals surface area contributed by atoms with Gasteiger partial charge in [0.15, 0.2) is 0 Å². The van der Waals surface area contributed by atoms with Crippen molar-refractivity contribution in [1.29, 1.82) is 0 Å². The van der Waals surface area contributed by atoms with Crippen molar-refractivity contribution in [1.82, 2.24) is 0 Å². The number of thioether (sulfide) groups is 1. The molecule has 0 heterocycles. The van der Waals surface area contributed by atoms with Crippen LogP contribution in [0.4, 0.5) is 5.69 Å². The zero-order chi connectivity index (χ0) is 13.9. The maximum atomic E-state index is 6.17. The molecule has 0 fully saturated rings. The Morgan fingerprint density at radius 2 is 2.00 bits per heavy atom. The predicted octanol–water partition coefficient (Wildman–Crippen LogP) is 4.79. The molecule has 0 saturated carbocycles. The van der Waals surface area contributed by atoms with E-state index in [1.807, 2.05) is 11.8 Å². The van der Waals surface area contributed by atoms with Gasteiger partial charge in [0.2, 0.25) is 0 Å². The quantitative estimate of drug-likeness (QED) is 0.647. The van der Waals surface area contributed by atoms with E-state index < -0.39 is 0 Å². The molecule has 1 aliphatic carbocycles. The van der Waals surface area contributed by atoms with E-state index in [0.29, 0.717) is 5.92 Å². The number of hydrogen-bond donors (Lipinski definition) is 1. The Hall–Kier alpha value is -1.41. The highest BCUT2D eigenvalue weighted by molar-refractivity contribution is 7.99. The van der Waals surface area contributed by atoms with Gasteiger partial charge in [-0.3, -0.25) is 0 Å². The zero-order valence-corrected chi connectivity index (χ0v) is 12.7. The van der Waals surface area contributed by atoms with Crippen LogP contribution in [0.2, 0.25) is 0 Å². The summed E-state index contributed by atoms with van der Waals surface area (Å²) in [5.74, 6) is 1.80. The number of fused-ring (bicyclic) bond motifs is 1. The molecule has 0 saturated heterocycles. The molecule has 0 radical (unpaired) electrons. The Labute approximate surface area is 125 Å². The van der Waals surface area contributed by atoms with Crippen molar-refractivity contribution in [3.63, 3.8) is 0 Å². The third-order valence-corrected chi connectivity index (χ3v) is 5.45. The van der Waals surface area contributed by atoms with Crippen LogP contribution in [-0.2, 0) is 6.42 Å². The molecule has 1 aliphatic rings. The van der Waals surface area contributed by atoms with Gasteiger partial charge in [-0.15, -0.1) is 11.8 Å². The number of anilines is 1. The minimum Gasteiger partial charge on any atom is -0.398 e. The summed E-state index contributed by atoms with van der Waals surface area (Å²) in [6.07, 6.45) is 3.85. The third kappa shape index (κ3) is 2.71. The minimum atomic E-state index is 0.671. The first-order valence-electron chi connectivity index (χ1n) is 7.31. The molecule has 0 bridgehead atoms. The molecule has 0 spiro atoms. The first-order chi connectivity index (χ1) is 9.75. The van der Waals surface area contributed by atoms with E-state index in [2.05, 4.69) is 49.4 Å². The molecule has 2 heteroatoms. The molecule has 104 valence electrons. The maximum absolute atomic E-state index is 6.17. The van der Waals surface area contributed by atoms with Gasteiger partial charge in [-0.05, 0) is 54.9 Å². The first kappa shape index (κ1) is 13.6. The van der Waals surface area contributed by atoms with E-state index in [1.54, 1.807) is 11.1 Å². The van der Waals surface area contributed by atoms with Gasteiger partial charge in [0.25, 0.3) is 0 Å². The molecule has 0 aromatic heterocycles. The molecule has 0 aliphatic heterocycles. The number of rotatable bonds is 3. The molecule has 1 unspecified atom stereocenters. The van der Waals surface area contributed by atoms with Crippen molar-refractivity contribution < 1.29 is 0 Å². The van der Waals surface area contributed by atoms with Crippen LogP contribution in [0.3, 0.4) is 0 Å². The molecule has 3 rings (SSSR count). The molecule has 2 aromatic carbocycles. The van der Waals surface area contributed by atoms with Crippen LogP contribution < -0.4 is 5.73 Å². The largest absolute Gasteiger partial charge is 0.398 e. The number of hydrogen-bond acceptors (Lipinski definition) is 2. The van der Waals surface area contributed by atoms with Crippen LogP contribution >= 0.6 is 11.8 Å². The predicted molar refractivity (Wildman–Crippen MR) is 88.4 cm³/mol. The molecule has 20 heavy (non-hydrogen) atoms. The summed E-state index contributed by atoms with van der Waals surface area (Å²) in [5.41, 5.74) is 11.4. The summed E-state index contributed by atoms with van der Waals surface area (Å²) in [7, 11) is 0. The van der Waals surface area contributed by atoms with E-state index in [4.69, 9.17) is 5.73 Å². The lowest BCUT2D eigenvalue weighted by Crippen LogP contribution is -2.11. The Balaban J connectivity index is 1.75. The highest BCUT2D eigenvalue weighted by atomic mass is 32.2. The van der Waals surface area contributed by atoms with E-state index in [0.717, 1.165) is 11.4 Å². The summed E-state index contributed by atoms with van der Waals surface area (Å²) in [5, 5.41) is 0. The van der Waals surface area contributed by atoms with Gasteiger partial charge in [-0.25, -0.2) is 0 Å².